The Morgan fingerprint density at radius 3 is 2.76 bits per heavy atom. The average molecular weight is 280 g/mol. The number of benzene rings is 1. The van der Waals surface area contributed by atoms with E-state index in [9.17, 15) is 5.26 Å². The summed E-state index contributed by atoms with van der Waals surface area (Å²) in [7, 11) is 1.93. The van der Waals surface area contributed by atoms with Gasteiger partial charge in [-0.05, 0) is 36.9 Å². The number of nitrogens with one attached hydrogen (secondary N) is 1. The van der Waals surface area contributed by atoms with Gasteiger partial charge < -0.3 is 5.32 Å². The van der Waals surface area contributed by atoms with E-state index in [-0.39, 0.29) is 5.41 Å². The van der Waals surface area contributed by atoms with E-state index in [1.54, 1.807) is 0 Å². The van der Waals surface area contributed by atoms with E-state index in [2.05, 4.69) is 28.6 Å². The van der Waals surface area contributed by atoms with Crippen LogP contribution in [0.25, 0.3) is 0 Å². The Labute approximate surface area is 125 Å². The van der Waals surface area contributed by atoms with E-state index in [0.717, 1.165) is 31.4 Å². The molecular weight excluding hydrogens is 260 g/mol. The summed E-state index contributed by atoms with van der Waals surface area (Å²) in [6, 6.07) is 13.1. The van der Waals surface area contributed by atoms with Crippen LogP contribution in [0.5, 0.6) is 0 Å². The van der Waals surface area contributed by atoms with Crippen molar-refractivity contribution in [2.24, 2.45) is 7.05 Å². The van der Waals surface area contributed by atoms with Crippen LogP contribution in [0.4, 0.5) is 0 Å². The fourth-order valence-corrected chi connectivity index (χ4v) is 3.10. The molecule has 0 aliphatic heterocycles. The third kappa shape index (κ3) is 2.84. The Kier molecular flexibility index (Phi) is 3.76. The van der Waals surface area contributed by atoms with E-state index in [0.29, 0.717) is 6.04 Å². The number of aryl methyl sites for hydroxylation is 1. The molecule has 1 aliphatic carbocycles. The molecule has 1 N–H and O–H groups in total. The van der Waals surface area contributed by atoms with Crippen molar-refractivity contribution in [2.75, 3.05) is 6.54 Å². The van der Waals surface area contributed by atoms with Crippen LogP contribution in [0, 0.1) is 11.3 Å². The van der Waals surface area contributed by atoms with Crippen LogP contribution in [0.15, 0.2) is 42.7 Å². The Morgan fingerprint density at radius 1 is 1.38 bits per heavy atom. The van der Waals surface area contributed by atoms with Crippen molar-refractivity contribution in [1.29, 1.82) is 5.26 Å². The molecule has 0 unspecified atom stereocenters. The lowest BCUT2D eigenvalue weighted by Crippen LogP contribution is -2.51. The van der Waals surface area contributed by atoms with Gasteiger partial charge in [0.25, 0.3) is 0 Å². The molecule has 108 valence electrons. The number of nitrogens with zero attached hydrogens (tertiary/aromatic N) is 3. The minimum absolute atomic E-state index is 0.284. The first-order chi connectivity index (χ1) is 10.2. The highest BCUT2D eigenvalue weighted by Crippen LogP contribution is 2.43. The topological polar surface area (TPSA) is 53.6 Å². The van der Waals surface area contributed by atoms with Gasteiger partial charge in [-0.15, -0.1) is 0 Å². The molecule has 0 spiro atoms. The van der Waals surface area contributed by atoms with Crippen molar-refractivity contribution < 1.29 is 0 Å². The van der Waals surface area contributed by atoms with E-state index >= 15 is 0 Å². The molecule has 4 heteroatoms. The van der Waals surface area contributed by atoms with Gasteiger partial charge in [0.2, 0.25) is 0 Å². The SMILES string of the molecule is Cn1cc(CCNC2CC(C#N)(c3ccccc3)C2)cn1. The summed E-state index contributed by atoms with van der Waals surface area (Å²) in [5.74, 6) is 0. The monoisotopic (exact) mass is 280 g/mol. The number of hydrogen-bond donors (Lipinski definition) is 1. The second-order valence-electron chi connectivity index (χ2n) is 5.89. The molecule has 1 fully saturated rings. The molecule has 0 atom stereocenters. The van der Waals surface area contributed by atoms with Gasteiger partial charge in [0, 0.05) is 19.3 Å². The van der Waals surface area contributed by atoms with Gasteiger partial charge in [-0.25, -0.2) is 0 Å². The van der Waals surface area contributed by atoms with Crippen molar-refractivity contribution in [3.05, 3.63) is 53.9 Å². The summed E-state index contributed by atoms with van der Waals surface area (Å²) >= 11 is 0. The van der Waals surface area contributed by atoms with Gasteiger partial charge in [-0.1, -0.05) is 30.3 Å². The summed E-state index contributed by atoms with van der Waals surface area (Å²) in [5.41, 5.74) is 2.12. The fraction of sp³-hybridized carbons (Fsp3) is 0.412. The molecule has 4 nitrogen and oxygen atoms in total. The summed E-state index contributed by atoms with van der Waals surface area (Å²) in [5, 5.41) is 17.2. The quantitative estimate of drug-likeness (QED) is 0.913. The number of nitriles is 1. The smallest absolute Gasteiger partial charge is 0.0852 e. The predicted octanol–water partition coefficient (Wildman–Crippen LogP) is 2.18. The molecule has 21 heavy (non-hydrogen) atoms. The first kappa shape index (κ1) is 13.8. The minimum Gasteiger partial charge on any atom is -0.314 e. The maximum absolute atomic E-state index is 9.53. The predicted molar refractivity (Wildman–Crippen MR) is 81.7 cm³/mol. The van der Waals surface area contributed by atoms with E-state index < -0.39 is 0 Å². The lowest BCUT2D eigenvalue weighted by molar-refractivity contribution is 0.228. The lowest BCUT2D eigenvalue weighted by atomic mass is 9.62. The zero-order valence-electron chi connectivity index (χ0n) is 12.3. The Bertz CT molecular complexity index is 632. The van der Waals surface area contributed by atoms with E-state index in [1.807, 2.05) is 42.3 Å². The maximum Gasteiger partial charge on any atom is 0.0852 e. The van der Waals surface area contributed by atoms with Crippen molar-refractivity contribution in [2.45, 2.75) is 30.7 Å². The van der Waals surface area contributed by atoms with Crippen molar-refractivity contribution in [3.8, 4) is 6.07 Å². The molecule has 1 saturated carbocycles. The van der Waals surface area contributed by atoms with Crippen LogP contribution >= 0.6 is 0 Å². The summed E-state index contributed by atoms with van der Waals surface area (Å²) in [6.07, 6.45) is 6.74. The zero-order chi connectivity index (χ0) is 14.7. The second kappa shape index (κ2) is 5.71. The lowest BCUT2D eigenvalue weighted by Gasteiger charge is -2.43. The molecule has 0 amide bonds. The van der Waals surface area contributed by atoms with Crippen LogP contribution in [-0.4, -0.2) is 22.4 Å². The molecule has 0 radical (unpaired) electrons. The highest BCUT2D eigenvalue weighted by Gasteiger charge is 2.45. The molecule has 3 rings (SSSR count). The van der Waals surface area contributed by atoms with Crippen LogP contribution in [0.2, 0.25) is 0 Å². The van der Waals surface area contributed by atoms with Crippen LogP contribution in [0.3, 0.4) is 0 Å². The zero-order valence-corrected chi connectivity index (χ0v) is 12.3. The Balaban J connectivity index is 1.50. The largest absolute Gasteiger partial charge is 0.314 e. The highest BCUT2D eigenvalue weighted by atomic mass is 15.2. The van der Waals surface area contributed by atoms with Crippen molar-refractivity contribution in [1.82, 2.24) is 15.1 Å². The van der Waals surface area contributed by atoms with Gasteiger partial charge in [-0.3, -0.25) is 4.68 Å². The van der Waals surface area contributed by atoms with Gasteiger partial charge in [0.05, 0.1) is 17.7 Å². The van der Waals surface area contributed by atoms with E-state index in [4.69, 9.17) is 0 Å². The third-order valence-electron chi connectivity index (χ3n) is 4.34. The van der Waals surface area contributed by atoms with Crippen molar-refractivity contribution in [3.63, 3.8) is 0 Å². The van der Waals surface area contributed by atoms with Gasteiger partial charge in [0.1, 0.15) is 0 Å². The number of hydrogen-bond acceptors (Lipinski definition) is 3. The fourth-order valence-electron chi connectivity index (χ4n) is 3.10. The summed E-state index contributed by atoms with van der Waals surface area (Å²) in [4.78, 5) is 0. The van der Waals surface area contributed by atoms with Gasteiger partial charge in [-0.2, -0.15) is 10.4 Å². The number of aromatic nitrogens is 2. The van der Waals surface area contributed by atoms with Crippen LogP contribution in [-0.2, 0) is 18.9 Å². The molecule has 0 bridgehead atoms. The maximum atomic E-state index is 9.53. The molecule has 2 aromatic rings. The average Bonchev–Trinajstić information content (AvgIpc) is 2.88. The summed E-state index contributed by atoms with van der Waals surface area (Å²) in [6.45, 7) is 0.937. The van der Waals surface area contributed by atoms with Crippen LogP contribution in [0.1, 0.15) is 24.0 Å². The van der Waals surface area contributed by atoms with Gasteiger partial charge in [0.15, 0.2) is 0 Å². The Hall–Kier alpha value is -2.12. The molecule has 1 aromatic heterocycles. The minimum atomic E-state index is -0.284. The molecule has 1 aromatic carbocycles. The second-order valence-corrected chi connectivity index (χ2v) is 5.89. The van der Waals surface area contributed by atoms with E-state index in [1.165, 1.54) is 5.56 Å². The Morgan fingerprint density at radius 2 is 2.14 bits per heavy atom. The van der Waals surface area contributed by atoms with Gasteiger partial charge >= 0.3 is 0 Å². The standard InChI is InChI=1S/C17H20N4/c1-21-12-14(11-20-21)7-8-19-16-9-17(10-16,13-18)15-5-3-2-4-6-15/h2-6,11-12,16,19H,7-10H2,1H3. The van der Waals surface area contributed by atoms with Crippen LogP contribution < -0.4 is 5.32 Å². The number of rotatable bonds is 5. The molecular formula is C17H20N4. The summed E-state index contributed by atoms with van der Waals surface area (Å²) < 4.78 is 1.83. The molecule has 0 saturated heterocycles. The normalized spacial score (nSPS) is 24.3. The molecule has 1 aliphatic rings. The first-order valence-corrected chi connectivity index (χ1v) is 7.39. The molecule has 1 heterocycles. The third-order valence-corrected chi connectivity index (χ3v) is 4.34. The first-order valence-electron chi connectivity index (χ1n) is 7.39. The van der Waals surface area contributed by atoms with Crippen molar-refractivity contribution >= 4 is 0 Å². The highest BCUT2D eigenvalue weighted by molar-refractivity contribution is 5.36.